The van der Waals surface area contributed by atoms with Crippen molar-refractivity contribution in [2.45, 2.75) is 52.4 Å². The number of furan rings is 1. The van der Waals surface area contributed by atoms with E-state index in [9.17, 15) is 0 Å². The van der Waals surface area contributed by atoms with Gasteiger partial charge >= 0.3 is 0 Å². The number of hydrogen-bond acceptors (Lipinski definition) is 2. The van der Waals surface area contributed by atoms with Crippen molar-refractivity contribution >= 4 is 60.5 Å². The van der Waals surface area contributed by atoms with Gasteiger partial charge in [0, 0.05) is 27.7 Å². The Kier molecular flexibility index (Phi) is 8.99. The molecule has 1 aromatic heterocycles. The molecule has 0 aliphatic heterocycles. The van der Waals surface area contributed by atoms with Crippen LogP contribution >= 0.6 is 0 Å². The highest BCUT2D eigenvalue weighted by Crippen LogP contribution is 2.46. The molecule has 60 heavy (non-hydrogen) atoms. The molecule has 0 saturated heterocycles. The molecule has 0 spiro atoms. The lowest BCUT2D eigenvalue weighted by molar-refractivity contribution is 0.569. The minimum Gasteiger partial charge on any atom is -0.456 e. The Hall–Kier alpha value is -6.90. The fourth-order valence-electron chi connectivity index (χ4n) is 8.80. The van der Waals surface area contributed by atoms with Crippen molar-refractivity contribution in [1.29, 1.82) is 0 Å². The molecule has 0 aliphatic carbocycles. The van der Waals surface area contributed by atoms with E-state index in [0.717, 1.165) is 50.1 Å². The quantitative estimate of drug-likeness (QED) is 0.167. The number of para-hydroxylation sites is 2. The van der Waals surface area contributed by atoms with E-state index in [-0.39, 0.29) is 10.8 Å². The van der Waals surface area contributed by atoms with Gasteiger partial charge in [-0.05, 0) is 120 Å². The van der Waals surface area contributed by atoms with Gasteiger partial charge in [-0.1, -0.05) is 181 Å². The lowest BCUT2D eigenvalue weighted by Gasteiger charge is -2.29. The zero-order valence-corrected chi connectivity index (χ0v) is 35.3. The number of anilines is 3. The Labute approximate surface area is 353 Å². The Morgan fingerprint density at radius 2 is 0.950 bits per heavy atom. The van der Waals surface area contributed by atoms with Crippen LogP contribution in [-0.4, -0.2) is 0 Å². The van der Waals surface area contributed by atoms with E-state index in [1.54, 1.807) is 0 Å². The number of nitrogens with zero attached hydrogens (tertiary/aromatic N) is 1. The third-order valence-corrected chi connectivity index (χ3v) is 12.1. The fraction of sp³-hybridized carbons (Fsp3) is 0.138. The molecule has 0 saturated carbocycles. The number of rotatable bonds is 6. The molecule has 0 unspecified atom stereocenters. The SMILES string of the molecule is CC(C)(C)c1cc(-c2cccc3cccc(-c4ccccc4N(c4ccc(-c5ccc6c(c5)oc5ccccc56)cc4)c4ccc5ccccc5c4)c23)cc(C(C)(C)C)c1. The maximum Gasteiger partial charge on any atom is 0.136 e. The van der Waals surface area contributed by atoms with Gasteiger partial charge in [-0.25, -0.2) is 0 Å². The topological polar surface area (TPSA) is 16.4 Å². The Morgan fingerprint density at radius 1 is 0.367 bits per heavy atom. The number of fused-ring (bicyclic) bond motifs is 5. The largest absolute Gasteiger partial charge is 0.456 e. The summed E-state index contributed by atoms with van der Waals surface area (Å²) in [6.07, 6.45) is 0. The van der Waals surface area contributed by atoms with Crippen LogP contribution in [0.25, 0.3) is 76.9 Å². The lowest BCUT2D eigenvalue weighted by Crippen LogP contribution is -2.16. The summed E-state index contributed by atoms with van der Waals surface area (Å²) in [6.45, 7) is 13.9. The van der Waals surface area contributed by atoms with Gasteiger partial charge < -0.3 is 9.32 Å². The fourth-order valence-corrected chi connectivity index (χ4v) is 8.80. The molecule has 10 rings (SSSR count). The first-order valence-electron chi connectivity index (χ1n) is 21.1. The first-order chi connectivity index (χ1) is 29.0. The van der Waals surface area contributed by atoms with Crippen molar-refractivity contribution in [3.63, 3.8) is 0 Å². The van der Waals surface area contributed by atoms with Crippen LogP contribution in [0, 0.1) is 0 Å². The second kappa shape index (κ2) is 14.4. The van der Waals surface area contributed by atoms with Crippen LogP contribution in [0.4, 0.5) is 17.1 Å². The van der Waals surface area contributed by atoms with Crippen molar-refractivity contribution in [2.75, 3.05) is 4.90 Å². The molecular weight excluding hydrogens is 727 g/mol. The van der Waals surface area contributed by atoms with Crippen molar-refractivity contribution in [3.8, 4) is 33.4 Å². The van der Waals surface area contributed by atoms with E-state index in [1.807, 2.05) is 12.1 Å². The van der Waals surface area contributed by atoms with Crippen LogP contribution in [0.15, 0.2) is 192 Å². The summed E-state index contributed by atoms with van der Waals surface area (Å²) in [7, 11) is 0. The van der Waals surface area contributed by atoms with Gasteiger partial charge in [0.2, 0.25) is 0 Å². The highest BCUT2D eigenvalue weighted by Gasteiger charge is 2.24. The zero-order chi connectivity index (χ0) is 41.2. The van der Waals surface area contributed by atoms with E-state index in [1.165, 1.54) is 54.9 Å². The second-order valence-electron chi connectivity index (χ2n) is 18.2. The predicted octanol–water partition coefficient (Wildman–Crippen LogP) is 17.0. The summed E-state index contributed by atoms with van der Waals surface area (Å²) in [5, 5.41) is 7.18. The predicted molar refractivity (Wildman–Crippen MR) is 257 cm³/mol. The van der Waals surface area contributed by atoms with Crippen molar-refractivity contribution < 1.29 is 4.42 Å². The molecule has 292 valence electrons. The van der Waals surface area contributed by atoms with Crippen LogP contribution in [-0.2, 0) is 10.8 Å². The van der Waals surface area contributed by atoms with Crippen LogP contribution in [0.3, 0.4) is 0 Å². The molecule has 0 N–H and O–H groups in total. The van der Waals surface area contributed by atoms with Gasteiger partial charge in [0.1, 0.15) is 11.2 Å². The maximum absolute atomic E-state index is 6.28. The first-order valence-corrected chi connectivity index (χ1v) is 21.1. The smallest absolute Gasteiger partial charge is 0.136 e. The summed E-state index contributed by atoms with van der Waals surface area (Å²) in [4.78, 5) is 2.42. The Bertz CT molecular complexity index is 3190. The van der Waals surface area contributed by atoms with Gasteiger partial charge in [-0.15, -0.1) is 0 Å². The normalized spacial score (nSPS) is 12.2. The summed E-state index contributed by atoms with van der Waals surface area (Å²) < 4.78 is 6.28. The minimum absolute atomic E-state index is 0.00606. The molecule has 2 heteroatoms. The van der Waals surface area contributed by atoms with Gasteiger partial charge in [0.25, 0.3) is 0 Å². The molecule has 0 atom stereocenters. The number of benzene rings is 9. The van der Waals surface area contributed by atoms with Crippen LogP contribution in [0.5, 0.6) is 0 Å². The van der Waals surface area contributed by atoms with Gasteiger partial charge in [-0.2, -0.15) is 0 Å². The Morgan fingerprint density at radius 3 is 1.70 bits per heavy atom. The van der Waals surface area contributed by atoms with Crippen molar-refractivity contribution in [1.82, 2.24) is 0 Å². The van der Waals surface area contributed by atoms with Crippen molar-refractivity contribution in [2.24, 2.45) is 0 Å². The summed E-state index contributed by atoms with van der Waals surface area (Å²) in [6, 6.07) is 68.9. The highest BCUT2D eigenvalue weighted by molar-refractivity contribution is 6.09. The Balaban J connectivity index is 1.15. The second-order valence-corrected chi connectivity index (χ2v) is 18.2. The van der Waals surface area contributed by atoms with Gasteiger partial charge in [-0.3, -0.25) is 0 Å². The van der Waals surface area contributed by atoms with Crippen LogP contribution in [0.1, 0.15) is 52.7 Å². The standard InChI is InChI=1S/C58H49NO/c1-57(2,3)44-33-43(34-45(37-44)58(4,5)6)48-21-13-17-40-18-14-22-52(56(40)48)49-19-9-11-23-53(49)59(47-31-27-38-15-7-8-16-41(38)35-47)46-29-25-39(26-30-46)42-28-32-51-50-20-10-12-24-54(50)60-55(51)36-42/h7-37H,1-6H3. The van der Waals surface area contributed by atoms with Gasteiger partial charge in [0.05, 0.1) is 5.69 Å². The maximum atomic E-state index is 6.28. The summed E-state index contributed by atoms with van der Waals surface area (Å²) in [5.41, 5.74) is 15.0. The summed E-state index contributed by atoms with van der Waals surface area (Å²) in [5.74, 6) is 0. The lowest BCUT2D eigenvalue weighted by atomic mass is 9.78. The van der Waals surface area contributed by atoms with Crippen LogP contribution < -0.4 is 4.90 Å². The molecule has 1 heterocycles. The number of hydrogen-bond donors (Lipinski definition) is 0. The van der Waals surface area contributed by atoms with E-state index < -0.39 is 0 Å². The molecule has 2 nitrogen and oxygen atoms in total. The third-order valence-electron chi connectivity index (χ3n) is 12.1. The highest BCUT2D eigenvalue weighted by atomic mass is 16.3. The van der Waals surface area contributed by atoms with Gasteiger partial charge in [0.15, 0.2) is 0 Å². The molecule has 0 aliphatic rings. The van der Waals surface area contributed by atoms with E-state index >= 15 is 0 Å². The zero-order valence-electron chi connectivity index (χ0n) is 35.3. The average molecular weight is 776 g/mol. The van der Waals surface area contributed by atoms with E-state index in [2.05, 4.69) is 222 Å². The van der Waals surface area contributed by atoms with Crippen molar-refractivity contribution in [3.05, 3.63) is 199 Å². The summed E-state index contributed by atoms with van der Waals surface area (Å²) >= 11 is 0. The first kappa shape index (κ1) is 37.4. The minimum atomic E-state index is 0.00606. The molecule has 9 aromatic carbocycles. The van der Waals surface area contributed by atoms with Crippen LogP contribution in [0.2, 0.25) is 0 Å². The molecule has 10 aromatic rings. The molecule has 0 fully saturated rings. The monoisotopic (exact) mass is 775 g/mol. The molecular formula is C58H49NO. The van der Waals surface area contributed by atoms with E-state index in [4.69, 9.17) is 4.42 Å². The van der Waals surface area contributed by atoms with E-state index in [0.29, 0.717) is 0 Å². The molecule has 0 radical (unpaired) electrons. The third kappa shape index (κ3) is 6.73. The average Bonchev–Trinajstić information content (AvgIpc) is 3.64. The molecule has 0 amide bonds. The molecule has 0 bridgehead atoms.